The van der Waals surface area contributed by atoms with Crippen LogP contribution in [0.1, 0.15) is 46.4 Å². The molecule has 148 valence electrons. The molecule has 2 aliphatic rings. The van der Waals surface area contributed by atoms with Gasteiger partial charge in [-0.2, -0.15) is 5.10 Å². The largest absolute Gasteiger partial charge is 0.332 e. The van der Waals surface area contributed by atoms with Crippen LogP contribution in [0.15, 0.2) is 48.7 Å². The van der Waals surface area contributed by atoms with Gasteiger partial charge in [-0.3, -0.25) is 9.89 Å². The van der Waals surface area contributed by atoms with E-state index in [1.54, 1.807) is 12.1 Å². The lowest BCUT2D eigenvalue weighted by molar-refractivity contribution is 0.0642. The van der Waals surface area contributed by atoms with Crippen LogP contribution in [-0.4, -0.2) is 33.1 Å². The molecule has 1 aromatic heterocycles. The SMILES string of the molecule is Cc1cc(C(=O)N(C2CC2)C2CCc3[nH]ncc3C2)ccc1-c1ccc(F)cc1. The molecular weight excluding hydrogens is 365 g/mol. The number of hydrogen-bond donors (Lipinski definition) is 1. The number of carbonyl (C=O) groups is 1. The van der Waals surface area contributed by atoms with Crippen LogP contribution in [-0.2, 0) is 12.8 Å². The van der Waals surface area contributed by atoms with Crippen molar-refractivity contribution in [1.82, 2.24) is 15.1 Å². The van der Waals surface area contributed by atoms with E-state index < -0.39 is 0 Å². The van der Waals surface area contributed by atoms with E-state index in [0.717, 1.165) is 54.4 Å². The Bertz CT molecular complexity index is 1050. The van der Waals surface area contributed by atoms with E-state index in [2.05, 4.69) is 15.1 Å². The topological polar surface area (TPSA) is 49.0 Å². The van der Waals surface area contributed by atoms with Crippen molar-refractivity contribution in [2.75, 3.05) is 0 Å². The smallest absolute Gasteiger partial charge is 0.254 e. The minimum absolute atomic E-state index is 0.123. The number of halogens is 1. The second-order valence-corrected chi connectivity index (χ2v) is 8.25. The Morgan fingerprint density at radius 2 is 1.90 bits per heavy atom. The van der Waals surface area contributed by atoms with E-state index >= 15 is 0 Å². The van der Waals surface area contributed by atoms with E-state index in [1.165, 1.54) is 23.4 Å². The lowest BCUT2D eigenvalue weighted by Crippen LogP contribution is -2.44. The van der Waals surface area contributed by atoms with Crippen molar-refractivity contribution in [2.24, 2.45) is 0 Å². The third-order valence-electron chi connectivity index (χ3n) is 6.19. The molecule has 29 heavy (non-hydrogen) atoms. The van der Waals surface area contributed by atoms with Crippen LogP contribution < -0.4 is 0 Å². The molecule has 0 aliphatic heterocycles. The number of hydrogen-bond acceptors (Lipinski definition) is 2. The van der Waals surface area contributed by atoms with Crippen molar-refractivity contribution >= 4 is 5.91 Å². The number of carbonyl (C=O) groups excluding carboxylic acids is 1. The van der Waals surface area contributed by atoms with Crippen molar-refractivity contribution in [3.8, 4) is 11.1 Å². The average molecular weight is 389 g/mol. The van der Waals surface area contributed by atoms with Gasteiger partial charge in [-0.15, -0.1) is 0 Å². The number of aromatic amines is 1. The quantitative estimate of drug-likeness (QED) is 0.704. The molecule has 2 aliphatic carbocycles. The number of fused-ring (bicyclic) bond motifs is 1. The molecule has 3 aromatic rings. The average Bonchev–Trinajstić information content (AvgIpc) is 3.44. The summed E-state index contributed by atoms with van der Waals surface area (Å²) in [6, 6.07) is 13.0. The summed E-state index contributed by atoms with van der Waals surface area (Å²) >= 11 is 0. The number of benzene rings is 2. The summed E-state index contributed by atoms with van der Waals surface area (Å²) in [6.07, 6.45) is 6.88. The molecule has 1 saturated carbocycles. The number of aryl methyl sites for hydroxylation is 2. The van der Waals surface area contributed by atoms with Gasteiger partial charge in [0.05, 0.1) is 6.20 Å². The third kappa shape index (κ3) is 3.46. The Hall–Kier alpha value is -2.95. The van der Waals surface area contributed by atoms with E-state index in [0.29, 0.717) is 6.04 Å². The van der Waals surface area contributed by atoms with Gasteiger partial charge in [0.25, 0.3) is 5.91 Å². The predicted octanol–water partition coefficient (Wildman–Crippen LogP) is 4.69. The highest BCUT2D eigenvalue weighted by Gasteiger charge is 2.39. The molecule has 4 nitrogen and oxygen atoms in total. The highest BCUT2D eigenvalue weighted by Crippen LogP contribution is 2.35. The summed E-state index contributed by atoms with van der Waals surface area (Å²) in [7, 11) is 0. The zero-order valence-electron chi connectivity index (χ0n) is 16.5. The Balaban J connectivity index is 1.41. The molecule has 1 amide bonds. The van der Waals surface area contributed by atoms with Crippen molar-refractivity contribution in [3.63, 3.8) is 0 Å². The molecule has 0 bridgehead atoms. The van der Waals surface area contributed by atoms with Gasteiger partial charge in [-0.1, -0.05) is 18.2 Å². The van der Waals surface area contributed by atoms with Crippen LogP contribution in [0.4, 0.5) is 4.39 Å². The van der Waals surface area contributed by atoms with Crippen LogP contribution in [0.5, 0.6) is 0 Å². The number of nitrogens with zero attached hydrogens (tertiary/aromatic N) is 2. The van der Waals surface area contributed by atoms with Crippen molar-refractivity contribution in [3.05, 3.63) is 76.9 Å². The first kappa shape index (κ1) is 18.1. The molecule has 1 heterocycles. The summed E-state index contributed by atoms with van der Waals surface area (Å²) in [5, 5.41) is 7.24. The van der Waals surface area contributed by atoms with Crippen molar-refractivity contribution < 1.29 is 9.18 Å². The van der Waals surface area contributed by atoms with E-state index in [-0.39, 0.29) is 17.8 Å². The Morgan fingerprint density at radius 1 is 1.10 bits per heavy atom. The van der Waals surface area contributed by atoms with Gasteiger partial charge in [0, 0.05) is 23.3 Å². The van der Waals surface area contributed by atoms with Crippen LogP contribution in [0, 0.1) is 12.7 Å². The van der Waals surface area contributed by atoms with Crippen LogP contribution in [0.3, 0.4) is 0 Å². The first-order chi connectivity index (χ1) is 14.1. The summed E-state index contributed by atoms with van der Waals surface area (Å²) < 4.78 is 13.2. The van der Waals surface area contributed by atoms with Crippen molar-refractivity contribution in [2.45, 2.75) is 51.1 Å². The summed E-state index contributed by atoms with van der Waals surface area (Å²) in [5.74, 6) is -0.121. The maximum Gasteiger partial charge on any atom is 0.254 e. The molecule has 5 rings (SSSR count). The molecule has 5 heteroatoms. The second kappa shape index (κ2) is 7.14. The third-order valence-corrected chi connectivity index (χ3v) is 6.19. The summed E-state index contributed by atoms with van der Waals surface area (Å²) in [4.78, 5) is 15.6. The Labute approximate surface area is 169 Å². The fourth-order valence-corrected chi connectivity index (χ4v) is 4.52. The Morgan fingerprint density at radius 3 is 2.62 bits per heavy atom. The van der Waals surface area contributed by atoms with Gasteiger partial charge >= 0.3 is 0 Å². The maximum atomic E-state index is 13.5. The van der Waals surface area contributed by atoms with Crippen LogP contribution in [0.2, 0.25) is 0 Å². The lowest BCUT2D eigenvalue weighted by atomic mass is 9.91. The normalized spacial score (nSPS) is 18.3. The molecule has 1 atom stereocenters. The fourth-order valence-electron chi connectivity index (χ4n) is 4.52. The number of amides is 1. The molecule has 1 fully saturated rings. The molecular formula is C24H24FN3O. The zero-order chi connectivity index (χ0) is 20.0. The van der Waals surface area contributed by atoms with Gasteiger partial charge < -0.3 is 4.90 Å². The second-order valence-electron chi connectivity index (χ2n) is 8.25. The number of nitrogens with one attached hydrogen (secondary N) is 1. The standard InChI is InChI=1S/C24H24FN3O/c1-15-12-17(4-10-22(15)16-2-5-19(25)6-3-16)24(29)28(20-7-8-20)21-9-11-23-18(13-21)14-26-27-23/h2-6,10,12,14,20-21H,7-9,11,13H2,1H3,(H,26,27). The van der Waals surface area contributed by atoms with Gasteiger partial charge in [0.15, 0.2) is 0 Å². The van der Waals surface area contributed by atoms with Gasteiger partial charge in [0.2, 0.25) is 0 Å². The number of aromatic nitrogens is 2. The number of H-pyrrole nitrogens is 1. The summed E-state index contributed by atoms with van der Waals surface area (Å²) in [5.41, 5.74) is 6.20. The van der Waals surface area contributed by atoms with Crippen molar-refractivity contribution in [1.29, 1.82) is 0 Å². The molecule has 2 aromatic carbocycles. The first-order valence-corrected chi connectivity index (χ1v) is 10.3. The monoisotopic (exact) mass is 389 g/mol. The summed E-state index contributed by atoms with van der Waals surface area (Å²) in [6.45, 7) is 2.01. The van der Waals surface area contributed by atoms with Gasteiger partial charge in [-0.25, -0.2) is 4.39 Å². The van der Waals surface area contributed by atoms with Gasteiger partial charge in [0.1, 0.15) is 5.82 Å². The van der Waals surface area contributed by atoms with Crippen LogP contribution >= 0.6 is 0 Å². The first-order valence-electron chi connectivity index (χ1n) is 10.3. The molecule has 1 unspecified atom stereocenters. The fraction of sp³-hybridized carbons (Fsp3) is 0.333. The molecule has 0 saturated heterocycles. The lowest BCUT2D eigenvalue weighted by Gasteiger charge is -2.34. The van der Waals surface area contributed by atoms with E-state index in [9.17, 15) is 9.18 Å². The van der Waals surface area contributed by atoms with E-state index in [1.807, 2.05) is 31.3 Å². The highest BCUT2D eigenvalue weighted by molar-refractivity contribution is 5.96. The molecule has 0 spiro atoms. The number of rotatable bonds is 4. The maximum absolute atomic E-state index is 13.5. The Kier molecular flexibility index (Phi) is 4.46. The highest BCUT2D eigenvalue weighted by atomic mass is 19.1. The minimum Gasteiger partial charge on any atom is -0.332 e. The molecule has 1 N–H and O–H groups in total. The van der Waals surface area contributed by atoms with E-state index in [4.69, 9.17) is 0 Å². The van der Waals surface area contributed by atoms with Gasteiger partial charge in [-0.05, 0) is 85.5 Å². The molecule has 0 radical (unpaired) electrons. The predicted molar refractivity (Wildman–Crippen MR) is 110 cm³/mol. The zero-order valence-corrected chi connectivity index (χ0v) is 16.5. The van der Waals surface area contributed by atoms with Crippen LogP contribution in [0.25, 0.3) is 11.1 Å². The minimum atomic E-state index is -0.244.